The summed E-state index contributed by atoms with van der Waals surface area (Å²) in [4.78, 5) is 22.5. The molecule has 1 aliphatic rings. The minimum absolute atomic E-state index is 0.0596. The number of carbonyl (C=O) groups is 2. The molecular formula is C10H15ClO3. The third kappa shape index (κ3) is 2.47. The summed E-state index contributed by atoms with van der Waals surface area (Å²) in [6, 6.07) is 0. The van der Waals surface area contributed by atoms with Crippen LogP contribution in [0.15, 0.2) is 0 Å². The van der Waals surface area contributed by atoms with Crippen LogP contribution in [-0.4, -0.2) is 23.2 Å². The molecule has 0 amide bonds. The van der Waals surface area contributed by atoms with Crippen molar-refractivity contribution in [1.82, 2.24) is 0 Å². The van der Waals surface area contributed by atoms with Crippen LogP contribution in [0.2, 0.25) is 0 Å². The Morgan fingerprint density at radius 1 is 1.29 bits per heavy atom. The molecule has 1 rings (SSSR count). The van der Waals surface area contributed by atoms with Crippen molar-refractivity contribution in [3.05, 3.63) is 0 Å². The molecule has 1 fully saturated rings. The van der Waals surface area contributed by atoms with Gasteiger partial charge < -0.3 is 4.74 Å². The van der Waals surface area contributed by atoms with Gasteiger partial charge >= 0.3 is 5.97 Å². The second-order valence-corrected chi connectivity index (χ2v) is 3.99. The second-order valence-electron chi connectivity index (χ2n) is 3.72. The molecule has 0 bridgehead atoms. The van der Waals surface area contributed by atoms with Crippen LogP contribution in [-0.2, 0) is 14.3 Å². The van der Waals surface area contributed by atoms with Crippen LogP contribution in [0.25, 0.3) is 0 Å². The van der Waals surface area contributed by atoms with Gasteiger partial charge in [0, 0.05) is 0 Å². The summed E-state index contributed by atoms with van der Waals surface area (Å²) in [5.74, 6) is -0.742. The number of hydrogen-bond acceptors (Lipinski definition) is 3. The van der Waals surface area contributed by atoms with Gasteiger partial charge in [0.2, 0.25) is 0 Å². The molecule has 0 saturated heterocycles. The van der Waals surface area contributed by atoms with Crippen molar-refractivity contribution in [2.75, 3.05) is 5.88 Å². The van der Waals surface area contributed by atoms with Gasteiger partial charge in [-0.05, 0) is 32.6 Å². The van der Waals surface area contributed by atoms with E-state index in [1.54, 1.807) is 0 Å². The lowest BCUT2D eigenvalue weighted by molar-refractivity contribution is -0.168. The summed E-state index contributed by atoms with van der Waals surface area (Å²) in [7, 11) is 0. The fourth-order valence-electron chi connectivity index (χ4n) is 1.89. The first-order chi connectivity index (χ1) is 6.60. The first kappa shape index (κ1) is 11.5. The van der Waals surface area contributed by atoms with Crippen molar-refractivity contribution in [3.8, 4) is 0 Å². The van der Waals surface area contributed by atoms with Crippen LogP contribution in [0.1, 0.15) is 39.0 Å². The summed E-state index contributed by atoms with van der Waals surface area (Å²) < 4.78 is 5.17. The Balaban J connectivity index is 2.70. The van der Waals surface area contributed by atoms with Crippen LogP contribution in [0.5, 0.6) is 0 Å². The van der Waals surface area contributed by atoms with Crippen LogP contribution in [0, 0.1) is 0 Å². The molecule has 0 aromatic carbocycles. The first-order valence-electron chi connectivity index (χ1n) is 4.89. The van der Waals surface area contributed by atoms with Crippen molar-refractivity contribution in [2.45, 2.75) is 44.6 Å². The van der Waals surface area contributed by atoms with Crippen LogP contribution in [0.3, 0.4) is 0 Å². The molecule has 3 nitrogen and oxygen atoms in total. The van der Waals surface area contributed by atoms with Crippen LogP contribution in [0.4, 0.5) is 0 Å². The molecule has 0 N–H and O–H groups in total. The van der Waals surface area contributed by atoms with E-state index in [4.69, 9.17) is 16.3 Å². The highest BCUT2D eigenvalue weighted by molar-refractivity contribution is 6.26. The van der Waals surface area contributed by atoms with Gasteiger partial charge in [-0.2, -0.15) is 0 Å². The highest BCUT2D eigenvalue weighted by Crippen LogP contribution is 2.32. The Morgan fingerprint density at radius 3 is 2.29 bits per heavy atom. The molecule has 14 heavy (non-hydrogen) atoms. The molecule has 1 aliphatic carbocycles. The quantitative estimate of drug-likeness (QED) is 0.538. The Morgan fingerprint density at radius 2 is 1.86 bits per heavy atom. The summed E-state index contributed by atoms with van der Waals surface area (Å²) in [5.41, 5.74) is -0.871. The number of halogens is 1. The van der Waals surface area contributed by atoms with E-state index in [-0.39, 0.29) is 11.7 Å². The highest BCUT2D eigenvalue weighted by atomic mass is 35.5. The zero-order chi connectivity index (χ0) is 10.6. The molecule has 4 heteroatoms. The maximum atomic E-state index is 11.5. The molecule has 0 aliphatic heterocycles. The van der Waals surface area contributed by atoms with Gasteiger partial charge in [0.15, 0.2) is 11.4 Å². The molecule has 0 unspecified atom stereocenters. The molecule has 0 radical (unpaired) electrons. The normalized spacial score (nSPS) is 20.1. The third-order valence-electron chi connectivity index (χ3n) is 2.72. The van der Waals surface area contributed by atoms with E-state index in [0.29, 0.717) is 12.8 Å². The minimum atomic E-state index is -0.871. The summed E-state index contributed by atoms with van der Waals surface area (Å²) in [6.45, 7) is 1.48. The van der Waals surface area contributed by atoms with Crippen molar-refractivity contribution in [2.24, 2.45) is 0 Å². The number of ether oxygens (including phenoxy) is 1. The van der Waals surface area contributed by atoms with Crippen LogP contribution >= 0.6 is 11.6 Å². The van der Waals surface area contributed by atoms with Crippen molar-refractivity contribution < 1.29 is 14.3 Å². The zero-order valence-corrected chi connectivity index (χ0v) is 9.10. The Bertz CT molecular complexity index is 232. The van der Waals surface area contributed by atoms with Gasteiger partial charge in [-0.15, -0.1) is 11.6 Å². The Labute approximate surface area is 88.8 Å². The largest absolute Gasteiger partial charge is 0.450 e. The molecule has 0 aromatic heterocycles. The number of ketones is 1. The standard InChI is InChI=1S/C10H15ClO3/c1-8(12)10(14-9(13)7-11)5-3-2-4-6-10/h2-7H2,1H3. The SMILES string of the molecule is CC(=O)C1(OC(=O)CCl)CCCCC1. The van der Waals surface area contributed by atoms with Crippen molar-refractivity contribution >= 4 is 23.4 Å². The maximum Gasteiger partial charge on any atom is 0.321 e. The van der Waals surface area contributed by atoms with Crippen molar-refractivity contribution in [3.63, 3.8) is 0 Å². The second kappa shape index (κ2) is 4.78. The number of Topliss-reactive ketones (excluding diaryl/α,β-unsaturated/α-hetero) is 1. The molecule has 80 valence electrons. The number of esters is 1. The van der Waals surface area contributed by atoms with Gasteiger partial charge in [0.05, 0.1) is 0 Å². The third-order valence-corrected chi connectivity index (χ3v) is 2.94. The Hall–Kier alpha value is -0.570. The number of hydrogen-bond donors (Lipinski definition) is 0. The maximum absolute atomic E-state index is 11.5. The van der Waals surface area contributed by atoms with E-state index in [1.807, 2.05) is 0 Å². The summed E-state index contributed by atoms with van der Waals surface area (Å²) in [6.07, 6.45) is 4.27. The van der Waals surface area contributed by atoms with Crippen molar-refractivity contribution in [1.29, 1.82) is 0 Å². The predicted octanol–water partition coefficient (Wildman–Crippen LogP) is 2.06. The van der Waals surface area contributed by atoms with Gasteiger partial charge in [-0.25, -0.2) is 0 Å². The van der Waals surface area contributed by atoms with Gasteiger partial charge in [-0.3, -0.25) is 9.59 Å². The lowest BCUT2D eigenvalue weighted by atomic mass is 9.82. The monoisotopic (exact) mass is 218 g/mol. The molecule has 0 heterocycles. The number of rotatable bonds is 3. The lowest BCUT2D eigenvalue weighted by Gasteiger charge is -2.34. The number of carbonyl (C=O) groups excluding carboxylic acids is 2. The Kier molecular flexibility index (Phi) is 3.93. The molecule has 0 spiro atoms. The molecular weight excluding hydrogens is 204 g/mol. The van der Waals surface area contributed by atoms with E-state index in [1.165, 1.54) is 6.92 Å². The average Bonchev–Trinajstić information content (AvgIpc) is 2.19. The number of alkyl halides is 1. The fraction of sp³-hybridized carbons (Fsp3) is 0.800. The van der Waals surface area contributed by atoms with Gasteiger partial charge in [0.1, 0.15) is 5.88 Å². The summed E-state index contributed by atoms with van der Waals surface area (Å²) >= 11 is 5.35. The topological polar surface area (TPSA) is 43.4 Å². The predicted molar refractivity (Wildman–Crippen MR) is 53.3 cm³/mol. The van der Waals surface area contributed by atoms with E-state index in [9.17, 15) is 9.59 Å². The van der Waals surface area contributed by atoms with E-state index >= 15 is 0 Å². The van der Waals surface area contributed by atoms with E-state index in [2.05, 4.69) is 0 Å². The van der Waals surface area contributed by atoms with Gasteiger partial charge in [-0.1, -0.05) is 6.42 Å². The van der Waals surface area contributed by atoms with E-state index < -0.39 is 11.6 Å². The van der Waals surface area contributed by atoms with Gasteiger partial charge in [0.25, 0.3) is 0 Å². The average molecular weight is 219 g/mol. The van der Waals surface area contributed by atoms with E-state index in [0.717, 1.165) is 19.3 Å². The van der Waals surface area contributed by atoms with Crippen LogP contribution < -0.4 is 0 Å². The highest BCUT2D eigenvalue weighted by Gasteiger charge is 2.40. The summed E-state index contributed by atoms with van der Waals surface area (Å²) in [5, 5.41) is 0. The lowest BCUT2D eigenvalue weighted by Crippen LogP contribution is -2.44. The zero-order valence-electron chi connectivity index (χ0n) is 8.35. The molecule has 0 atom stereocenters. The minimum Gasteiger partial charge on any atom is -0.450 e. The first-order valence-corrected chi connectivity index (χ1v) is 5.43. The molecule has 1 saturated carbocycles. The fourth-order valence-corrected chi connectivity index (χ4v) is 1.95. The smallest absolute Gasteiger partial charge is 0.321 e. The molecule has 0 aromatic rings.